The third kappa shape index (κ3) is 5.53. The number of aromatic nitrogens is 3. The topological polar surface area (TPSA) is 140 Å². The summed E-state index contributed by atoms with van der Waals surface area (Å²) in [4.78, 5) is 51.4. The zero-order chi connectivity index (χ0) is 25.1. The highest BCUT2D eigenvalue weighted by Gasteiger charge is 2.25. The smallest absolute Gasteiger partial charge is 0.263 e. The molecule has 0 unspecified atom stereocenters. The van der Waals surface area contributed by atoms with E-state index in [9.17, 15) is 14.4 Å². The molecule has 4 N–H and O–H groups in total. The number of rotatable bonds is 6. The molecule has 2 aliphatic rings. The molecular weight excluding hydrogens is 446 g/mol. The Morgan fingerprint density at radius 1 is 1.11 bits per heavy atom. The Labute approximate surface area is 205 Å². The van der Waals surface area contributed by atoms with Gasteiger partial charge in [-0.2, -0.15) is 0 Å². The molecule has 2 amide bonds. The van der Waals surface area contributed by atoms with Crippen LogP contribution in [-0.2, 0) is 6.42 Å². The summed E-state index contributed by atoms with van der Waals surface area (Å²) in [5.41, 5.74) is 13.0. The van der Waals surface area contributed by atoms with Crippen LogP contribution in [0.3, 0.4) is 0 Å². The summed E-state index contributed by atoms with van der Waals surface area (Å²) >= 11 is 0. The van der Waals surface area contributed by atoms with E-state index in [0.29, 0.717) is 36.8 Å². The van der Waals surface area contributed by atoms with Crippen molar-refractivity contribution in [2.45, 2.75) is 64.5 Å². The monoisotopic (exact) mass is 481 g/mol. The maximum atomic E-state index is 13.3. The van der Waals surface area contributed by atoms with Crippen molar-refractivity contribution in [3.63, 3.8) is 0 Å². The quantitative estimate of drug-likeness (QED) is 0.636. The minimum Gasteiger partial charge on any atom is -0.365 e. The molecule has 2 aromatic rings. The number of hydrogen-bond acceptors (Lipinski definition) is 7. The first-order valence-electron chi connectivity index (χ1n) is 12.4. The van der Waals surface area contributed by atoms with Crippen molar-refractivity contribution in [3.05, 3.63) is 51.2 Å². The van der Waals surface area contributed by atoms with Crippen LogP contribution in [0.5, 0.6) is 0 Å². The number of anilines is 1. The van der Waals surface area contributed by atoms with Gasteiger partial charge in [-0.25, -0.2) is 9.97 Å². The molecule has 0 saturated carbocycles. The van der Waals surface area contributed by atoms with Crippen LogP contribution in [0, 0.1) is 0 Å². The largest absolute Gasteiger partial charge is 0.365 e. The van der Waals surface area contributed by atoms with Gasteiger partial charge in [0.25, 0.3) is 17.4 Å². The number of nitrogens with two attached hydrogens (primary N) is 2. The van der Waals surface area contributed by atoms with E-state index in [4.69, 9.17) is 11.5 Å². The minimum atomic E-state index is -0.622. The van der Waals surface area contributed by atoms with Crippen molar-refractivity contribution in [1.29, 1.82) is 0 Å². The Kier molecular flexibility index (Phi) is 7.49. The summed E-state index contributed by atoms with van der Waals surface area (Å²) in [6.45, 7) is 6.54. The predicted octanol–water partition coefficient (Wildman–Crippen LogP) is 1.46. The van der Waals surface area contributed by atoms with E-state index < -0.39 is 5.91 Å². The standard InChI is InChI=1S/C25H35N7O3/c1-16(2)32-14-17(11-19(24(32)35)23(34)30-8-4-3-5-9-30)12-21-20(22(27)33)13-28-25(29-21)31-10-6-7-18(26)15-31/h11,13-14,16,18H,3-10,12,15,26H2,1-2H3,(H2,27,33)/t18-/m0/s1. The highest BCUT2D eigenvalue weighted by atomic mass is 16.2. The van der Waals surface area contributed by atoms with E-state index in [2.05, 4.69) is 9.97 Å². The first-order valence-corrected chi connectivity index (χ1v) is 12.4. The van der Waals surface area contributed by atoms with Gasteiger partial charge < -0.3 is 25.8 Å². The minimum absolute atomic E-state index is 0.0459. The number of carbonyl (C=O) groups is 2. The van der Waals surface area contributed by atoms with Gasteiger partial charge in [-0.3, -0.25) is 14.4 Å². The number of primary amides is 1. The molecule has 2 aromatic heterocycles. The number of piperidine rings is 2. The first kappa shape index (κ1) is 24.8. The van der Waals surface area contributed by atoms with Crippen LogP contribution < -0.4 is 21.9 Å². The van der Waals surface area contributed by atoms with Crippen LogP contribution in [0.25, 0.3) is 0 Å². The molecule has 35 heavy (non-hydrogen) atoms. The summed E-state index contributed by atoms with van der Waals surface area (Å²) < 4.78 is 1.57. The Morgan fingerprint density at radius 2 is 1.86 bits per heavy atom. The first-order chi connectivity index (χ1) is 16.7. The fourth-order valence-electron chi connectivity index (χ4n) is 4.85. The molecule has 0 bridgehead atoms. The van der Waals surface area contributed by atoms with Gasteiger partial charge in [0.05, 0.1) is 11.3 Å². The van der Waals surface area contributed by atoms with Gasteiger partial charge in [-0.1, -0.05) is 0 Å². The lowest BCUT2D eigenvalue weighted by Crippen LogP contribution is -2.43. The van der Waals surface area contributed by atoms with Gasteiger partial charge in [0.1, 0.15) is 5.56 Å². The lowest BCUT2D eigenvalue weighted by Gasteiger charge is -2.31. The highest BCUT2D eigenvalue weighted by Crippen LogP contribution is 2.20. The lowest BCUT2D eigenvalue weighted by molar-refractivity contribution is 0.0721. The Bertz CT molecular complexity index is 1150. The number of nitrogens with zero attached hydrogens (tertiary/aromatic N) is 5. The molecule has 188 valence electrons. The molecule has 2 fully saturated rings. The van der Waals surface area contributed by atoms with Crippen molar-refractivity contribution >= 4 is 17.8 Å². The summed E-state index contributed by atoms with van der Waals surface area (Å²) in [6, 6.07) is 1.55. The molecule has 4 heterocycles. The normalized spacial score (nSPS) is 18.7. The third-order valence-corrected chi connectivity index (χ3v) is 6.76. The number of pyridine rings is 1. The summed E-state index contributed by atoms with van der Waals surface area (Å²) in [5, 5.41) is 0. The molecule has 10 heteroatoms. The number of amides is 2. The van der Waals surface area contributed by atoms with Gasteiger partial charge in [0.15, 0.2) is 0 Å². The second kappa shape index (κ2) is 10.6. The van der Waals surface area contributed by atoms with Crippen LogP contribution in [0.1, 0.15) is 84.0 Å². The molecule has 0 aliphatic carbocycles. The average Bonchev–Trinajstić information content (AvgIpc) is 2.84. The Morgan fingerprint density at radius 3 is 2.51 bits per heavy atom. The van der Waals surface area contributed by atoms with Crippen LogP contribution >= 0.6 is 0 Å². The van der Waals surface area contributed by atoms with E-state index in [1.807, 2.05) is 18.7 Å². The van der Waals surface area contributed by atoms with Crippen LogP contribution in [0.2, 0.25) is 0 Å². The van der Waals surface area contributed by atoms with E-state index in [0.717, 1.165) is 38.6 Å². The van der Waals surface area contributed by atoms with E-state index in [1.54, 1.807) is 21.7 Å². The summed E-state index contributed by atoms with van der Waals surface area (Å²) in [6.07, 6.45) is 8.30. The van der Waals surface area contributed by atoms with Gasteiger partial charge in [0.2, 0.25) is 5.95 Å². The highest BCUT2D eigenvalue weighted by molar-refractivity contribution is 5.95. The van der Waals surface area contributed by atoms with Crippen molar-refractivity contribution in [3.8, 4) is 0 Å². The summed E-state index contributed by atoms with van der Waals surface area (Å²) in [7, 11) is 0. The maximum absolute atomic E-state index is 13.3. The van der Waals surface area contributed by atoms with Crippen LogP contribution in [0.15, 0.2) is 23.3 Å². The fourth-order valence-corrected chi connectivity index (χ4v) is 4.85. The molecule has 2 aliphatic heterocycles. The number of hydrogen-bond donors (Lipinski definition) is 2. The van der Waals surface area contributed by atoms with Gasteiger partial charge in [-0.15, -0.1) is 0 Å². The number of likely N-dealkylation sites (tertiary alicyclic amines) is 1. The number of carbonyl (C=O) groups excluding carboxylic acids is 2. The van der Waals surface area contributed by atoms with Gasteiger partial charge >= 0.3 is 0 Å². The zero-order valence-corrected chi connectivity index (χ0v) is 20.6. The molecule has 0 radical (unpaired) electrons. The average molecular weight is 482 g/mol. The molecule has 2 saturated heterocycles. The second-order valence-corrected chi connectivity index (χ2v) is 9.84. The Hall–Kier alpha value is -3.27. The lowest BCUT2D eigenvalue weighted by atomic mass is 10.0. The van der Waals surface area contributed by atoms with Crippen LogP contribution in [-0.4, -0.2) is 63.5 Å². The molecule has 4 rings (SSSR count). The fraction of sp³-hybridized carbons (Fsp3) is 0.560. The SMILES string of the molecule is CC(C)n1cc(Cc2nc(N3CCC[C@H](N)C3)ncc2C(N)=O)cc(C(=O)N2CCCCC2)c1=O. The van der Waals surface area contributed by atoms with Crippen molar-refractivity contribution in [2.75, 3.05) is 31.1 Å². The van der Waals surface area contributed by atoms with E-state index in [1.165, 1.54) is 6.20 Å². The maximum Gasteiger partial charge on any atom is 0.263 e. The predicted molar refractivity (Wildman–Crippen MR) is 134 cm³/mol. The van der Waals surface area contributed by atoms with E-state index in [-0.39, 0.29) is 41.1 Å². The van der Waals surface area contributed by atoms with Crippen molar-refractivity contribution in [1.82, 2.24) is 19.4 Å². The summed E-state index contributed by atoms with van der Waals surface area (Å²) in [5.74, 6) is -0.364. The van der Waals surface area contributed by atoms with Crippen LogP contribution in [0.4, 0.5) is 5.95 Å². The molecular formula is C25H35N7O3. The molecule has 0 spiro atoms. The van der Waals surface area contributed by atoms with E-state index >= 15 is 0 Å². The third-order valence-electron chi connectivity index (χ3n) is 6.76. The van der Waals surface area contributed by atoms with Crippen molar-refractivity contribution < 1.29 is 9.59 Å². The molecule has 10 nitrogen and oxygen atoms in total. The Balaban J connectivity index is 1.72. The van der Waals surface area contributed by atoms with Gasteiger partial charge in [0, 0.05) is 57.1 Å². The zero-order valence-electron chi connectivity index (χ0n) is 20.6. The second-order valence-electron chi connectivity index (χ2n) is 9.84. The molecule has 0 aromatic carbocycles. The molecule has 1 atom stereocenters. The van der Waals surface area contributed by atoms with Crippen molar-refractivity contribution in [2.24, 2.45) is 11.5 Å². The van der Waals surface area contributed by atoms with Gasteiger partial charge in [-0.05, 0) is 57.6 Å².